The van der Waals surface area contributed by atoms with Crippen molar-refractivity contribution in [1.29, 1.82) is 0 Å². The number of carbonyl (C=O) groups excluding carboxylic acids is 2. The van der Waals surface area contributed by atoms with E-state index in [1.54, 1.807) is 14.1 Å². The Morgan fingerprint density at radius 1 is 1.24 bits per heavy atom. The molecule has 0 heterocycles. The maximum absolute atomic E-state index is 10.8. The van der Waals surface area contributed by atoms with Crippen LogP contribution in [0, 0.1) is 0 Å². The maximum atomic E-state index is 10.8. The number of hydrogen-bond donors (Lipinski definition) is 2. The number of rotatable bonds is 5. The molecule has 0 unspecified atom stereocenters. The van der Waals surface area contributed by atoms with E-state index in [4.69, 9.17) is 4.55 Å². The Hall–Kier alpha value is -0.670. The molecule has 0 aliphatic rings. The van der Waals surface area contributed by atoms with Crippen molar-refractivity contribution in [3.63, 3.8) is 0 Å². The molecule has 21 heavy (non-hydrogen) atoms. The molecule has 0 aromatic heterocycles. The van der Waals surface area contributed by atoms with Gasteiger partial charge in [-0.05, 0) is 26.0 Å². The molecule has 0 rings (SSSR count). The minimum absolute atomic E-state index is 0. The van der Waals surface area contributed by atoms with E-state index in [0.29, 0.717) is 0 Å². The normalized spacial score (nSPS) is 10.1. The summed E-state index contributed by atoms with van der Waals surface area (Å²) in [6, 6.07) is 0. The average Bonchev–Trinajstić information content (AvgIpc) is 2.24. The molecule has 2 N–H and O–H groups in total. The standard InChI is InChI=1S/C7H13NO4S.C5H9NO.Na/c1-4-6(9)8-7(2,3)5-13(10,11)12;1-4-5(7)6(2)3;/h4H,1,5H2,2-3H3,(H,8,9)(H,10,11,12);4H,1H2,2-3H3;. The van der Waals surface area contributed by atoms with E-state index in [1.807, 2.05) is 0 Å². The summed E-state index contributed by atoms with van der Waals surface area (Å²) in [4.78, 5) is 22.6. The van der Waals surface area contributed by atoms with Crippen LogP contribution in [0.3, 0.4) is 0 Å². The second-order valence-electron chi connectivity index (χ2n) is 4.74. The third-order valence-corrected chi connectivity index (χ3v) is 2.89. The number of likely N-dealkylation sites (N-methyl/N-ethyl adjacent to an activating group) is 1. The third kappa shape index (κ3) is 17.3. The summed E-state index contributed by atoms with van der Waals surface area (Å²) in [6.07, 6.45) is 2.31. The van der Waals surface area contributed by atoms with Gasteiger partial charge in [-0.15, -0.1) is 0 Å². The molecule has 2 amide bonds. The zero-order valence-corrected chi connectivity index (χ0v) is 16.0. The van der Waals surface area contributed by atoms with Crippen LogP contribution < -0.4 is 5.32 Å². The minimum atomic E-state index is -4.08. The number of carbonyl (C=O) groups is 2. The molecule has 1 radical (unpaired) electrons. The Balaban J connectivity index is -0.000000347. The summed E-state index contributed by atoms with van der Waals surface area (Å²) in [5.41, 5.74) is -1.00. The third-order valence-electron chi connectivity index (χ3n) is 1.81. The first-order valence-corrected chi connectivity index (χ1v) is 7.19. The quantitative estimate of drug-likeness (QED) is 0.414. The van der Waals surface area contributed by atoms with Crippen LogP contribution in [0.4, 0.5) is 0 Å². The van der Waals surface area contributed by atoms with Crippen LogP contribution in [-0.4, -0.2) is 84.6 Å². The van der Waals surface area contributed by atoms with Gasteiger partial charge in [0.15, 0.2) is 0 Å². The van der Waals surface area contributed by atoms with Gasteiger partial charge in [0, 0.05) is 43.7 Å². The Morgan fingerprint density at radius 2 is 1.67 bits per heavy atom. The van der Waals surface area contributed by atoms with Gasteiger partial charge in [-0.1, -0.05) is 13.2 Å². The van der Waals surface area contributed by atoms with Crippen LogP contribution in [0.1, 0.15) is 13.8 Å². The molecule has 0 saturated carbocycles. The van der Waals surface area contributed by atoms with E-state index < -0.39 is 27.3 Å². The molecular weight excluding hydrogens is 307 g/mol. The van der Waals surface area contributed by atoms with E-state index in [0.717, 1.165) is 6.08 Å². The predicted octanol–water partition coefficient (Wildman–Crippen LogP) is -0.165. The fourth-order valence-corrected chi connectivity index (χ4v) is 2.04. The van der Waals surface area contributed by atoms with E-state index in [1.165, 1.54) is 24.8 Å². The molecule has 0 aliphatic carbocycles. The van der Waals surface area contributed by atoms with Gasteiger partial charge in [0.2, 0.25) is 11.8 Å². The monoisotopic (exact) mass is 329 g/mol. The van der Waals surface area contributed by atoms with Crippen molar-refractivity contribution >= 4 is 51.5 Å². The molecule has 0 bridgehead atoms. The van der Waals surface area contributed by atoms with Gasteiger partial charge in [-0.3, -0.25) is 14.1 Å². The topological polar surface area (TPSA) is 104 Å². The van der Waals surface area contributed by atoms with Gasteiger partial charge in [0.25, 0.3) is 10.1 Å². The second-order valence-corrected chi connectivity index (χ2v) is 6.19. The fraction of sp³-hybridized carbons (Fsp3) is 0.500. The van der Waals surface area contributed by atoms with Crippen LogP contribution in [0.2, 0.25) is 0 Å². The first-order valence-electron chi connectivity index (χ1n) is 5.58. The Bertz CT molecular complexity index is 472. The zero-order chi connectivity index (χ0) is 16.6. The van der Waals surface area contributed by atoms with Gasteiger partial charge >= 0.3 is 0 Å². The average molecular weight is 329 g/mol. The molecule has 7 nitrogen and oxygen atoms in total. The van der Waals surface area contributed by atoms with Crippen molar-refractivity contribution in [2.45, 2.75) is 19.4 Å². The van der Waals surface area contributed by atoms with Crippen molar-refractivity contribution in [3.05, 3.63) is 25.3 Å². The summed E-state index contributed by atoms with van der Waals surface area (Å²) in [5, 5.41) is 2.37. The SMILES string of the molecule is C=CC(=O)N(C)C.C=CC(=O)NC(C)(C)CS(=O)(=O)O.[Na]. The molecule has 0 fully saturated rings. The Labute approximate surface area is 148 Å². The van der Waals surface area contributed by atoms with Gasteiger partial charge in [-0.2, -0.15) is 8.42 Å². The fourth-order valence-electron chi connectivity index (χ4n) is 1.06. The van der Waals surface area contributed by atoms with Crippen LogP contribution >= 0.6 is 0 Å². The molecule has 9 heteroatoms. The molecule has 0 aromatic rings. The molecule has 117 valence electrons. The number of nitrogens with zero attached hydrogens (tertiary/aromatic N) is 1. The van der Waals surface area contributed by atoms with Crippen LogP contribution in [-0.2, 0) is 19.7 Å². The predicted molar refractivity (Wildman–Crippen MR) is 83.5 cm³/mol. The van der Waals surface area contributed by atoms with E-state index in [-0.39, 0.29) is 35.5 Å². The minimum Gasteiger partial charge on any atom is -0.347 e. The van der Waals surface area contributed by atoms with Crippen molar-refractivity contribution < 1.29 is 22.6 Å². The van der Waals surface area contributed by atoms with Crippen molar-refractivity contribution in [1.82, 2.24) is 10.2 Å². The first kappa shape index (κ1) is 25.3. The summed E-state index contributed by atoms with van der Waals surface area (Å²) >= 11 is 0. The van der Waals surface area contributed by atoms with E-state index in [2.05, 4.69) is 18.5 Å². The molecule has 0 aromatic carbocycles. The summed E-state index contributed by atoms with van der Waals surface area (Å²) in [5.74, 6) is -1.06. The summed E-state index contributed by atoms with van der Waals surface area (Å²) < 4.78 is 29.5. The molecular formula is C12H22N2NaO5S. The summed E-state index contributed by atoms with van der Waals surface area (Å²) in [6.45, 7) is 9.48. The maximum Gasteiger partial charge on any atom is 0.267 e. The number of nitrogens with one attached hydrogen (secondary N) is 1. The Morgan fingerprint density at radius 3 is 1.86 bits per heavy atom. The molecule has 0 saturated heterocycles. The zero-order valence-electron chi connectivity index (χ0n) is 13.2. The van der Waals surface area contributed by atoms with Crippen molar-refractivity contribution in [2.75, 3.05) is 19.8 Å². The van der Waals surface area contributed by atoms with Gasteiger partial charge in [0.05, 0.1) is 11.3 Å². The summed E-state index contributed by atoms with van der Waals surface area (Å²) in [7, 11) is -0.716. The van der Waals surface area contributed by atoms with Crippen LogP contribution in [0.15, 0.2) is 25.3 Å². The largest absolute Gasteiger partial charge is 0.347 e. The second kappa shape index (κ2) is 11.0. The first-order chi connectivity index (χ1) is 8.84. The number of hydrogen-bond acceptors (Lipinski definition) is 4. The Kier molecular flexibility index (Phi) is 13.2. The van der Waals surface area contributed by atoms with Crippen molar-refractivity contribution in [2.24, 2.45) is 0 Å². The smallest absolute Gasteiger partial charge is 0.267 e. The van der Waals surface area contributed by atoms with Gasteiger partial charge < -0.3 is 10.2 Å². The van der Waals surface area contributed by atoms with Crippen LogP contribution in [0.25, 0.3) is 0 Å². The van der Waals surface area contributed by atoms with Crippen LogP contribution in [0.5, 0.6) is 0 Å². The van der Waals surface area contributed by atoms with Crippen molar-refractivity contribution in [3.8, 4) is 0 Å². The molecule has 0 spiro atoms. The van der Waals surface area contributed by atoms with Gasteiger partial charge in [-0.25, -0.2) is 0 Å². The molecule has 0 atom stereocenters. The van der Waals surface area contributed by atoms with Gasteiger partial charge in [0.1, 0.15) is 0 Å². The van der Waals surface area contributed by atoms with E-state index >= 15 is 0 Å². The molecule has 0 aliphatic heterocycles. The van der Waals surface area contributed by atoms with E-state index in [9.17, 15) is 18.0 Å². The number of amides is 2.